The number of imidazole rings is 2. The van der Waals surface area contributed by atoms with Gasteiger partial charge in [-0.2, -0.15) is 10.2 Å². The lowest BCUT2D eigenvalue weighted by atomic mass is 10.1. The average molecular weight is 851 g/mol. The van der Waals surface area contributed by atoms with Crippen molar-refractivity contribution < 1.29 is 28.7 Å². The molecule has 328 valence electrons. The van der Waals surface area contributed by atoms with E-state index in [0.717, 1.165) is 39.1 Å². The quantitative estimate of drug-likeness (QED) is 0.0737. The Labute approximate surface area is 357 Å². The summed E-state index contributed by atoms with van der Waals surface area (Å²) in [6, 6.07) is 9.76. The smallest absolute Gasteiger partial charge is 0.276 e. The Balaban J connectivity index is 1.21. The van der Waals surface area contributed by atoms with E-state index in [0.29, 0.717) is 102 Å². The first kappa shape index (κ1) is 43.3. The number of hydrogen-bond donors (Lipinski definition) is 5. The molecule has 0 saturated carbocycles. The summed E-state index contributed by atoms with van der Waals surface area (Å²) in [7, 11) is 1.49. The van der Waals surface area contributed by atoms with Crippen LogP contribution in [0.5, 0.6) is 11.5 Å². The molecule has 1 saturated heterocycles. The Bertz CT molecular complexity index is 2630. The highest BCUT2D eigenvalue weighted by Crippen LogP contribution is 2.34. The Morgan fingerprint density at radius 2 is 1.18 bits per heavy atom. The minimum atomic E-state index is -0.650. The fourth-order valence-electron chi connectivity index (χ4n) is 7.85. The first-order chi connectivity index (χ1) is 29.9. The van der Waals surface area contributed by atoms with Gasteiger partial charge in [-0.15, -0.1) is 0 Å². The third-order valence-corrected chi connectivity index (χ3v) is 10.8. The molecule has 0 bridgehead atoms. The number of fused-ring (bicyclic) bond motifs is 2. The highest BCUT2D eigenvalue weighted by Gasteiger charge is 2.24. The van der Waals surface area contributed by atoms with Crippen molar-refractivity contribution in [3.8, 4) is 11.5 Å². The molecule has 62 heavy (non-hydrogen) atoms. The van der Waals surface area contributed by atoms with Crippen molar-refractivity contribution >= 4 is 57.6 Å². The van der Waals surface area contributed by atoms with Crippen LogP contribution in [0.15, 0.2) is 36.4 Å². The number of anilines is 2. The fourth-order valence-corrected chi connectivity index (χ4v) is 7.85. The predicted molar refractivity (Wildman–Crippen MR) is 233 cm³/mol. The highest BCUT2D eigenvalue weighted by atomic mass is 16.5. The molecule has 0 atom stereocenters. The number of benzene rings is 2. The monoisotopic (exact) mass is 850 g/mol. The van der Waals surface area contributed by atoms with Crippen molar-refractivity contribution in [1.82, 2.24) is 48.9 Å². The van der Waals surface area contributed by atoms with E-state index in [1.165, 1.54) is 7.11 Å². The number of rotatable bonds is 19. The molecule has 4 aromatic heterocycles. The summed E-state index contributed by atoms with van der Waals surface area (Å²) in [5, 5.41) is 18.2. The molecule has 7 N–H and O–H groups in total. The van der Waals surface area contributed by atoms with E-state index in [9.17, 15) is 19.2 Å². The molecular weight excluding hydrogens is 797 g/mol. The lowest BCUT2D eigenvalue weighted by Gasteiger charge is -2.27. The number of nitrogens with two attached hydrogens (primary N) is 2. The molecule has 5 heterocycles. The summed E-state index contributed by atoms with van der Waals surface area (Å²) >= 11 is 0. The lowest BCUT2D eigenvalue weighted by Crippen LogP contribution is -2.43. The van der Waals surface area contributed by atoms with Crippen LogP contribution in [0.1, 0.15) is 86.2 Å². The van der Waals surface area contributed by atoms with Crippen molar-refractivity contribution in [2.75, 3.05) is 57.1 Å². The second kappa shape index (κ2) is 18.9. The highest BCUT2D eigenvalue weighted by molar-refractivity contribution is 6.05. The molecule has 0 unspecified atom stereocenters. The molecule has 1 aliphatic heterocycles. The van der Waals surface area contributed by atoms with Crippen LogP contribution in [-0.2, 0) is 26.2 Å². The van der Waals surface area contributed by atoms with Gasteiger partial charge in [0.1, 0.15) is 33.9 Å². The van der Waals surface area contributed by atoms with Crippen LogP contribution in [0, 0.1) is 13.8 Å². The van der Waals surface area contributed by atoms with Crippen molar-refractivity contribution in [1.29, 1.82) is 0 Å². The zero-order valence-corrected chi connectivity index (χ0v) is 35.8. The Morgan fingerprint density at radius 1 is 0.694 bits per heavy atom. The number of carbonyl (C=O) groups excluding carboxylic acids is 4. The summed E-state index contributed by atoms with van der Waals surface area (Å²) < 4.78 is 19.1. The molecule has 0 aliphatic carbocycles. The van der Waals surface area contributed by atoms with Gasteiger partial charge < -0.3 is 40.3 Å². The maximum absolute atomic E-state index is 13.8. The summed E-state index contributed by atoms with van der Waals surface area (Å²) in [6.45, 7) is 14.2. The molecule has 2 aromatic carbocycles. The summed E-state index contributed by atoms with van der Waals surface area (Å²) in [5.41, 5.74) is 16.0. The van der Waals surface area contributed by atoms with Gasteiger partial charge >= 0.3 is 0 Å². The number of aromatic nitrogens is 8. The Hall–Kier alpha value is -6.80. The van der Waals surface area contributed by atoms with Crippen molar-refractivity contribution in [2.45, 2.75) is 73.1 Å². The number of nitrogens with one attached hydrogen (secondary N) is 3. The summed E-state index contributed by atoms with van der Waals surface area (Å²) in [5.74, 6) is -0.819. The number of carbonyl (C=O) groups is 4. The van der Waals surface area contributed by atoms with E-state index in [4.69, 9.17) is 30.9 Å². The van der Waals surface area contributed by atoms with Gasteiger partial charge in [-0.1, -0.05) is 0 Å². The molecule has 7 rings (SSSR count). The van der Waals surface area contributed by atoms with Crippen LogP contribution in [0.2, 0.25) is 0 Å². The summed E-state index contributed by atoms with van der Waals surface area (Å²) in [4.78, 5) is 64.3. The molecule has 0 radical (unpaired) electrons. The number of methoxy groups -OCH3 is 1. The molecule has 20 nitrogen and oxygen atoms in total. The Kier molecular flexibility index (Phi) is 13.2. The molecule has 6 aromatic rings. The second-order valence-corrected chi connectivity index (χ2v) is 15.2. The zero-order valence-electron chi connectivity index (χ0n) is 35.8. The fraction of sp³-hybridized carbons (Fsp3) is 0.429. The number of piperazine rings is 1. The normalized spacial score (nSPS) is 13.2. The number of nitrogens with zero attached hydrogens (tertiary/aromatic N) is 9. The van der Waals surface area contributed by atoms with Gasteiger partial charge in [-0.05, 0) is 83.4 Å². The third kappa shape index (κ3) is 9.25. The van der Waals surface area contributed by atoms with Gasteiger partial charge in [-0.3, -0.25) is 39.2 Å². The van der Waals surface area contributed by atoms with Crippen LogP contribution in [0.3, 0.4) is 0 Å². The standard InChI is InChI=1S/C42H54N14O6/c1-6-55-31(19-25(3)50-55)39(59)48-41-46-29-21-27(37(43)57)23-33(61-5)35(29)53(41)14-8-9-15-54-36-30(47-42(54)49-40(60)32-20-26(4)51-56(32)7-2)22-28(38(44)58)24-34(36)62-18-10-13-52-16-11-45-12-17-52/h19-24,45H,6-18H2,1-5H3,(H2,43,57)(H2,44,58)(H,46,48,59)(H,47,49,60). The number of unbranched alkanes of at least 4 members (excludes halogenated alkanes) is 1. The average Bonchev–Trinajstić information content (AvgIpc) is 4.03. The van der Waals surface area contributed by atoms with Gasteiger partial charge in [0.05, 0.1) is 36.1 Å². The molecule has 1 fully saturated rings. The zero-order chi connectivity index (χ0) is 44.1. The third-order valence-electron chi connectivity index (χ3n) is 10.8. The van der Waals surface area contributed by atoms with Crippen LogP contribution < -0.4 is 36.9 Å². The largest absolute Gasteiger partial charge is 0.494 e. The maximum atomic E-state index is 13.8. The van der Waals surface area contributed by atoms with Crippen molar-refractivity contribution in [3.05, 3.63) is 70.3 Å². The minimum Gasteiger partial charge on any atom is -0.494 e. The van der Waals surface area contributed by atoms with E-state index in [1.54, 1.807) is 45.8 Å². The summed E-state index contributed by atoms with van der Waals surface area (Å²) in [6.07, 6.45) is 1.83. The van der Waals surface area contributed by atoms with Gasteiger partial charge in [0.15, 0.2) is 0 Å². The van der Waals surface area contributed by atoms with Crippen LogP contribution in [-0.4, -0.2) is 114 Å². The van der Waals surface area contributed by atoms with Gasteiger partial charge in [-0.25, -0.2) is 9.97 Å². The number of primary amides is 2. The topological polar surface area (TPSA) is 249 Å². The number of ether oxygens (including phenoxy) is 2. The van der Waals surface area contributed by atoms with Crippen LogP contribution >= 0.6 is 0 Å². The second-order valence-electron chi connectivity index (χ2n) is 15.2. The van der Waals surface area contributed by atoms with Crippen LogP contribution in [0.25, 0.3) is 22.1 Å². The number of amides is 4. The van der Waals surface area contributed by atoms with Crippen molar-refractivity contribution in [2.24, 2.45) is 11.5 Å². The van der Waals surface area contributed by atoms with Gasteiger partial charge in [0.25, 0.3) is 11.8 Å². The molecule has 4 amide bonds. The van der Waals surface area contributed by atoms with E-state index in [1.807, 2.05) is 36.8 Å². The van der Waals surface area contributed by atoms with E-state index in [-0.39, 0.29) is 23.0 Å². The van der Waals surface area contributed by atoms with E-state index in [2.05, 4.69) is 31.0 Å². The SMILES string of the molecule is CCn1nc(C)cc1C(=O)Nc1nc2cc(C(N)=O)cc(OC)c2n1CCCCn1c(NC(=O)c2cc(C)nn2CC)nc2cc(C(N)=O)cc(OCCCN3CCNCC3)c21. The molecule has 1 aliphatic rings. The molecular formula is C42H54N14O6. The first-order valence-electron chi connectivity index (χ1n) is 20.9. The predicted octanol–water partition coefficient (Wildman–Crippen LogP) is 3.30. The van der Waals surface area contributed by atoms with Gasteiger partial charge in [0.2, 0.25) is 23.7 Å². The molecule has 0 spiro atoms. The molecule has 20 heteroatoms. The number of hydrogen-bond acceptors (Lipinski definition) is 12. The lowest BCUT2D eigenvalue weighted by molar-refractivity contribution is 0.0991. The van der Waals surface area contributed by atoms with E-state index < -0.39 is 23.6 Å². The van der Waals surface area contributed by atoms with Crippen molar-refractivity contribution in [3.63, 3.8) is 0 Å². The number of aryl methyl sites for hydroxylation is 6. The van der Waals surface area contributed by atoms with E-state index >= 15 is 0 Å². The minimum absolute atomic E-state index is 0.205. The van der Waals surface area contributed by atoms with Crippen LogP contribution in [0.4, 0.5) is 11.9 Å². The van der Waals surface area contributed by atoms with Gasteiger partial charge in [0, 0.05) is 70.0 Å². The first-order valence-corrected chi connectivity index (χ1v) is 20.9. The Morgan fingerprint density at radius 3 is 1.65 bits per heavy atom. The maximum Gasteiger partial charge on any atom is 0.276 e.